The lowest BCUT2D eigenvalue weighted by Gasteiger charge is -2.42. The van der Waals surface area contributed by atoms with E-state index in [-0.39, 0.29) is 5.91 Å². The molecule has 2 aliphatic rings. The second kappa shape index (κ2) is 3.03. The quantitative estimate of drug-likeness (QED) is 0.491. The van der Waals surface area contributed by atoms with Crippen molar-refractivity contribution in [2.75, 3.05) is 39.8 Å². The number of likely N-dealkylation sites (N-methyl/N-ethyl adjacent to an activating group) is 1. The predicted molar refractivity (Wildman–Crippen MR) is 45.9 cm³/mol. The summed E-state index contributed by atoms with van der Waals surface area (Å²) in [6.07, 6.45) is 0. The van der Waals surface area contributed by atoms with Crippen LogP contribution >= 0.6 is 0 Å². The summed E-state index contributed by atoms with van der Waals surface area (Å²) in [5.41, 5.74) is 0. The molecule has 0 bridgehead atoms. The van der Waals surface area contributed by atoms with Crippen LogP contribution in [0.1, 0.15) is 0 Å². The second-order valence-corrected chi connectivity index (χ2v) is 3.63. The highest BCUT2D eigenvalue weighted by Crippen LogP contribution is 2.10. The number of rotatable bonds is 0. The van der Waals surface area contributed by atoms with E-state index in [1.807, 2.05) is 4.90 Å². The van der Waals surface area contributed by atoms with Crippen molar-refractivity contribution in [3.63, 3.8) is 0 Å². The van der Waals surface area contributed by atoms with Crippen LogP contribution < -0.4 is 5.32 Å². The molecule has 0 radical (unpaired) electrons. The zero-order chi connectivity index (χ0) is 8.55. The van der Waals surface area contributed by atoms with Crippen molar-refractivity contribution in [2.45, 2.75) is 6.04 Å². The maximum atomic E-state index is 11.4. The van der Waals surface area contributed by atoms with Crippen molar-refractivity contribution in [2.24, 2.45) is 0 Å². The number of carbonyl (C=O) groups is 1. The smallest absolute Gasteiger partial charge is 0.236 e. The zero-order valence-corrected chi connectivity index (χ0v) is 7.42. The summed E-state index contributed by atoms with van der Waals surface area (Å²) in [5, 5.41) is 3.14. The molecule has 0 unspecified atom stereocenters. The molecular weight excluding hydrogens is 154 g/mol. The first-order valence-corrected chi connectivity index (χ1v) is 4.46. The van der Waals surface area contributed by atoms with E-state index in [9.17, 15) is 4.79 Å². The molecule has 0 aromatic heterocycles. The van der Waals surface area contributed by atoms with Crippen LogP contribution in [0.25, 0.3) is 0 Å². The minimum absolute atomic E-state index is 0.263. The lowest BCUT2D eigenvalue weighted by atomic mass is 10.1. The largest absolute Gasteiger partial charge is 0.335 e. The number of carbonyl (C=O) groups excluding carboxylic acids is 1. The Hall–Kier alpha value is -0.610. The number of hydrogen-bond donors (Lipinski definition) is 1. The molecular formula is C8H15N3O. The Balaban J connectivity index is 2.04. The van der Waals surface area contributed by atoms with Crippen LogP contribution in [0, 0.1) is 0 Å². The van der Waals surface area contributed by atoms with Gasteiger partial charge in [-0.2, -0.15) is 0 Å². The number of piperazine rings is 2. The fourth-order valence-corrected chi connectivity index (χ4v) is 1.96. The first-order valence-electron chi connectivity index (χ1n) is 4.46. The van der Waals surface area contributed by atoms with Gasteiger partial charge in [-0.05, 0) is 7.05 Å². The van der Waals surface area contributed by atoms with Gasteiger partial charge in [-0.3, -0.25) is 4.79 Å². The van der Waals surface area contributed by atoms with Crippen LogP contribution in [-0.2, 0) is 4.79 Å². The van der Waals surface area contributed by atoms with Gasteiger partial charge in [-0.25, -0.2) is 0 Å². The predicted octanol–water partition coefficient (Wildman–Crippen LogP) is -1.27. The molecule has 2 heterocycles. The molecule has 2 rings (SSSR count). The third-order valence-electron chi connectivity index (χ3n) is 2.66. The lowest BCUT2D eigenvalue weighted by Crippen LogP contribution is -2.62. The highest BCUT2D eigenvalue weighted by atomic mass is 16.2. The van der Waals surface area contributed by atoms with Gasteiger partial charge in [0, 0.05) is 26.2 Å². The van der Waals surface area contributed by atoms with E-state index >= 15 is 0 Å². The van der Waals surface area contributed by atoms with E-state index in [2.05, 4.69) is 17.3 Å². The second-order valence-electron chi connectivity index (χ2n) is 3.63. The van der Waals surface area contributed by atoms with Crippen LogP contribution in [0.15, 0.2) is 0 Å². The molecule has 4 nitrogen and oxygen atoms in total. The summed E-state index contributed by atoms with van der Waals surface area (Å²) >= 11 is 0. The van der Waals surface area contributed by atoms with Gasteiger partial charge in [0.1, 0.15) is 0 Å². The SMILES string of the molecule is CN1CCN2C(=O)CNC[C@@H]2C1. The summed E-state index contributed by atoms with van der Waals surface area (Å²) in [7, 11) is 2.11. The fourth-order valence-electron chi connectivity index (χ4n) is 1.96. The number of nitrogens with one attached hydrogen (secondary N) is 1. The van der Waals surface area contributed by atoms with Gasteiger partial charge in [-0.15, -0.1) is 0 Å². The minimum atomic E-state index is 0.263. The van der Waals surface area contributed by atoms with Crippen LogP contribution in [0.3, 0.4) is 0 Å². The molecule has 68 valence electrons. The Morgan fingerprint density at radius 1 is 1.50 bits per heavy atom. The molecule has 2 saturated heterocycles. The maximum Gasteiger partial charge on any atom is 0.236 e. The first kappa shape index (κ1) is 8.01. The summed E-state index contributed by atoms with van der Waals surface area (Å²) in [6.45, 7) is 4.42. The van der Waals surface area contributed by atoms with E-state index in [4.69, 9.17) is 0 Å². The monoisotopic (exact) mass is 169 g/mol. The average molecular weight is 169 g/mol. The molecule has 0 aromatic rings. The van der Waals surface area contributed by atoms with Gasteiger partial charge in [0.05, 0.1) is 12.6 Å². The Kier molecular flexibility index (Phi) is 2.02. The van der Waals surface area contributed by atoms with Gasteiger partial charge in [-0.1, -0.05) is 0 Å². The van der Waals surface area contributed by atoms with Crippen LogP contribution in [-0.4, -0.2) is 61.5 Å². The Morgan fingerprint density at radius 3 is 3.17 bits per heavy atom. The van der Waals surface area contributed by atoms with Gasteiger partial charge in [0.15, 0.2) is 0 Å². The van der Waals surface area contributed by atoms with E-state index in [0.717, 1.165) is 26.2 Å². The summed E-state index contributed by atoms with van der Waals surface area (Å²) < 4.78 is 0. The van der Waals surface area contributed by atoms with Crippen molar-refractivity contribution >= 4 is 5.91 Å². The van der Waals surface area contributed by atoms with Gasteiger partial charge < -0.3 is 15.1 Å². The highest BCUT2D eigenvalue weighted by Gasteiger charge is 2.31. The number of hydrogen-bond acceptors (Lipinski definition) is 3. The van der Waals surface area contributed by atoms with Crippen molar-refractivity contribution in [3.8, 4) is 0 Å². The molecule has 0 aliphatic carbocycles. The fraction of sp³-hybridized carbons (Fsp3) is 0.875. The molecule has 0 spiro atoms. The third kappa shape index (κ3) is 1.32. The normalized spacial score (nSPS) is 31.9. The minimum Gasteiger partial charge on any atom is -0.335 e. The number of nitrogens with zero attached hydrogens (tertiary/aromatic N) is 2. The van der Waals surface area contributed by atoms with Crippen LogP contribution in [0.5, 0.6) is 0 Å². The van der Waals surface area contributed by atoms with Gasteiger partial charge in [0.2, 0.25) is 5.91 Å². The molecule has 1 amide bonds. The standard InChI is InChI=1S/C8H15N3O/c1-10-2-3-11-7(6-10)4-9-5-8(11)12/h7,9H,2-6H2,1H3/t7-/m1/s1. The van der Waals surface area contributed by atoms with Gasteiger partial charge in [0.25, 0.3) is 0 Å². The van der Waals surface area contributed by atoms with E-state index < -0.39 is 0 Å². The third-order valence-corrected chi connectivity index (χ3v) is 2.66. The number of fused-ring (bicyclic) bond motifs is 1. The molecule has 0 saturated carbocycles. The molecule has 12 heavy (non-hydrogen) atoms. The van der Waals surface area contributed by atoms with E-state index in [0.29, 0.717) is 12.6 Å². The van der Waals surface area contributed by atoms with Crippen molar-refractivity contribution in [1.29, 1.82) is 0 Å². The Morgan fingerprint density at radius 2 is 2.33 bits per heavy atom. The molecule has 2 aliphatic heterocycles. The first-order chi connectivity index (χ1) is 5.77. The van der Waals surface area contributed by atoms with Crippen LogP contribution in [0.4, 0.5) is 0 Å². The highest BCUT2D eigenvalue weighted by molar-refractivity contribution is 5.79. The summed E-state index contributed by atoms with van der Waals surface area (Å²) in [4.78, 5) is 15.7. The topological polar surface area (TPSA) is 35.6 Å². The van der Waals surface area contributed by atoms with Crippen molar-refractivity contribution in [1.82, 2.24) is 15.1 Å². The average Bonchev–Trinajstić information content (AvgIpc) is 2.04. The molecule has 2 fully saturated rings. The summed E-state index contributed by atoms with van der Waals surface area (Å²) in [5.74, 6) is 0.263. The van der Waals surface area contributed by atoms with E-state index in [1.165, 1.54) is 0 Å². The lowest BCUT2D eigenvalue weighted by molar-refractivity contribution is -0.137. The van der Waals surface area contributed by atoms with Crippen molar-refractivity contribution in [3.05, 3.63) is 0 Å². The van der Waals surface area contributed by atoms with E-state index in [1.54, 1.807) is 0 Å². The number of amides is 1. The Labute approximate surface area is 72.5 Å². The maximum absolute atomic E-state index is 11.4. The van der Waals surface area contributed by atoms with Crippen LogP contribution in [0.2, 0.25) is 0 Å². The van der Waals surface area contributed by atoms with Gasteiger partial charge >= 0.3 is 0 Å². The zero-order valence-electron chi connectivity index (χ0n) is 7.42. The molecule has 1 N–H and O–H groups in total. The molecule has 4 heteroatoms. The Bertz CT molecular complexity index is 195. The summed E-state index contributed by atoms with van der Waals surface area (Å²) in [6, 6.07) is 0.407. The molecule has 1 atom stereocenters. The van der Waals surface area contributed by atoms with Crippen molar-refractivity contribution < 1.29 is 4.79 Å². The molecule has 0 aromatic carbocycles.